The summed E-state index contributed by atoms with van der Waals surface area (Å²) in [5.74, 6) is 0. The van der Waals surface area contributed by atoms with Crippen LogP contribution in [0.3, 0.4) is 0 Å². The first kappa shape index (κ1) is 8.57. The molecule has 1 rings (SSSR count). The van der Waals surface area contributed by atoms with Gasteiger partial charge >= 0.3 is 71.4 Å². The van der Waals surface area contributed by atoms with E-state index in [1.165, 1.54) is 25.7 Å². The van der Waals surface area contributed by atoms with Crippen molar-refractivity contribution in [1.29, 1.82) is 0 Å². The molecule has 0 bridgehead atoms. The summed E-state index contributed by atoms with van der Waals surface area (Å²) in [6.07, 6.45) is 8.15. The molecule has 10 heavy (non-hydrogen) atoms. The normalized spacial score (nSPS) is 20.3. The Kier molecular flexibility index (Phi) is 4.42. The SMILES string of the molecule is CCCCCI1C=CCC1. The molecule has 0 radical (unpaired) electrons. The molecule has 0 amide bonds. The maximum atomic E-state index is 2.56. The van der Waals surface area contributed by atoms with Crippen molar-refractivity contribution in [1.82, 2.24) is 0 Å². The second kappa shape index (κ2) is 5.16. The van der Waals surface area contributed by atoms with Crippen LogP contribution in [0, 0.1) is 0 Å². The summed E-state index contributed by atoms with van der Waals surface area (Å²) in [5.41, 5.74) is 0. The van der Waals surface area contributed by atoms with Gasteiger partial charge in [0.25, 0.3) is 0 Å². The number of halogens is 1. The predicted octanol–water partition coefficient (Wildman–Crippen LogP) is 3.60. The van der Waals surface area contributed by atoms with E-state index in [0.717, 1.165) is 0 Å². The monoisotopic (exact) mass is 252 g/mol. The molecule has 0 aromatic heterocycles. The van der Waals surface area contributed by atoms with Gasteiger partial charge in [-0.05, 0) is 0 Å². The van der Waals surface area contributed by atoms with Gasteiger partial charge in [-0.1, -0.05) is 0 Å². The Labute approximate surface area is 71.5 Å². The molecular formula is C9H17I. The Morgan fingerprint density at radius 1 is 1.40 bits per heavy atom. The van der Waals surface area contributed by atoms with Gasteiger partial charge in [0.2, 0.25) is 0 Å². The molecule has 1 aliphatic heterocycles. The summed E-state index contributed by atoms with van der Waals surface area (Å²) in [4.78, 5) is 0. The molecule has 0 unspecified atom stereocenters. The summed E-state index contributed by atoms with van der Waals surface area (Å²) in [6.45, 7) is 2.29. The maximum absolute atomic E-state index is 2.56. The fourth-order valence-corrected chi connectivity index (χ4v) is 6.14. The van der Waals surface area contributed by atoms with Crippen molar-refractivity contribution in [3.8, 4) is 0 Å². The zero-order valence-electron chi connectivity index (χ0n) is 6.78. The van der Waals surface area contributed by atoms with Crippen molar-refractivity contribution in [2.45, 2.75) is 32.6 Å². The van der Waals surface area contributed by atoms with E-state index >= 15 is 0 Å². The van der Waals surface area contributed by atoms with E-state index in [-0.39, 0.29) is 0 Å². The zero-order valence-corrected chi connectivity index (χ0v) is 8.93. The number of alkyl halides is 2. The van der Waals surface area contributed by atoms with Gasteiger partial charge in [0.05, 0.1) is 0 Å². The van der Waals surface area contributed by atoms with E-state index in [4.69, 9.17) is 0 Å². The summed E-state index contributed by atoms with van der Waals surface area (Å²) in [7, 11) is 0. The molecule has 0 aliphatic carbocycles. The van der Waals surface area contributed by atoms with Gasteiger partial charge in [-0.3, -0.25) is 0 Å². The van der Waals surface area contributed by atoms with Gasteiger partial charge in [0, 0.05) is 0 Å². The van der Waals surface area contributed by atoms with E-state index < -0.39 is 19.8 Å². The number of rotatable bonds is 4. The molecule has 1 heterocycles. The second-order valence-corrected chi connectivity index (χ2v) is 8.45. The van der Waals surface area contributed by atoms with Crippen LogP contribution in [0.5, 0.6) is 0 Å². The first-order valence-corrected chi connectivity index (χ1v) is 8.50. The van der Waals surface area contributed by atoms with Gasteiger partial charge in [-0.25, -0.2) is 0 Å². The number of unbranched alkanes of at least 4 members (excludes halogenated alkanes) is 2. The fraction of sp³-hybridized carbons (Fsp3) is 0.778. The Morgan fingerprint density at radius 3 is 2.90 bits per heavy atom. The van der Waals surface area contributed by atoms with Crippen molar-refractivity contribution in [3.05, 3.63) is 10.2 Å². The molecule has 0 aromatic rings. The van der Waals surface area contributed by atoms with Crippen LogP contribution in [0.2, 0.25) is 0 Å². The Hall–Kier alpha value is 0.470. The quantitative estimate of drug-likeness (QED) is 0.407. The van der Waals surface area contributed by atoms with E-state index in [9.17, 15) is 0 Å². The van der Waals surface area contributed by atoms with Crippen molar-refractivity contribution in [3.63, 3.8) is 0 Å². The van der Waals surface area contributed by atoms with Gasteiger partial charge in [0.1, 0.15) is 0 Å². The summed E-state index contributed by atoms with van der Waals surface area (Å²) in [6, 6.07) is 0. The van der Waals surface area contributed by atoms with Crippen LogP contribution in [-0.2, 0) is 0 Å². The van der Waals surface area contributed by atoms with Crippen LogP contribution in [0.25, 0.3) is 0 Å². The van der Waals surface area contributed by atoms with E-state index in [1.54, 1.807) is 8.86 Å². The summed E-state index contributed by atoms with van der Waals surface area (Å²) in [5, 5.41) is 0. The molecule has 0 atom stereocenters. The predicted molar refractivity (Wildman–Crippen MR) is 57.0 cm³/mol. The average Bonchev–Trinajstić information content (AvgIpc) is 2.41. The van der Waals surface area contributed by atoms with Crippen LogP contribution < -0.4 is 0 Å². The first-order valence-electron chi connectivity index (χ1n) is 4.20. The van der Waals surface area contributed by atoms with Gasteiger partial charge < -0.3 is 0 Å². The van der Waals surface area contributed by atoms with Gasteiger partial charge in [-0.2, -0.15) is 0 Å². The third-order valence-corrected chi connectivity index (χ3v) is 7.45. The van der Waals surface area contributed by atoms with E-state index in [0.29, 0.717) is 0 Å². The van der Waals surface area contributed by atoms with E-state index in [1.807, 2.05) is 0 Å². The Bertz CT molecular complexity index is 107. The molecule has 0 fully saturated rings. The molecule has 0 spiro atoms. The minimum absolute atomic E-state index is 0.451. The minimum atomic E-state index is -0.451. The van der Waals surface area contributed by atoms with Crippen LogP contribution >= 0.6 is 19.8 Å². The number of allylic oxidation sites excluding steroid dienone is 1. The first-order chi connectivity index (χ1) is 4.93. The molecule has 0 saturated heterocycles. The van der Waals surface area contributed by atoms with Crippen LogP contribution in [0.4, 0.5) is 0 Å². The van der Waals surface area contributed by atoms with Crippen LogP contribution in [0.15, 0.2) is 10.2 Å². The van der Waals surface area contributed by atoms with Crippen LogP contribution in [-0.4, -0.2) is 8.86 Å². The second-order valence-electron chi connectivity index (χ2n) is 2.73. The number of hydrogen-bond donors (Lipinski definition) is 0. The average molecular weight is 252 g/mol. The fourth-order valence-electron chi connectivity index (χ4n) is 1.13. The van der Waals surface area contributed by atoms with Crippen LogP contribution in [0.1, 0.15) is 32.6 Å². The van der Waals surface area contributed by atoms with E-state index in [2.05, 4.69) is 17.1 Å². The summed E-state index contributed by atoms with van der Waals surface area (Å²) >= 11 is -0.451. The third kappa shape index (κ3) is 3.04. The van der Waals surface area contributed by atoms with Crippen molar-refractivity contribution >= 4 is 19.8 Å². The molecule has 1 aliphatic rings. The number of hydrogen-bond acceptors (Lipinski definition) is 0. The molecular weight excluding hydrogens is 235 g/mol. The molecule has 0 aromatic carbocycles. The van der Waals surface area contributed by atoms with Crippen molar-refractivity contribution in [2.24, 2.45) is 0 Å². The van der Waals surface area contributed by atoms with Crippen molar-refractivity contribution < 1.29 is 0 Å². The van der Waals surface area contributed by atoms with Gasteiger partial charge in [-0.15, -0.1) is 0 Å². The van der Waals surface area contributed by atoms with Crippen molar-refractivity contribution in [2.75, 3.05) is 8.86 Å². The standard InChI is InChI=1S/C9H17I/c1-2-3-4-7-10-8-5-6-9-10/h5,8H,2-4,6-7,9H2,1H3. The Morgan fingerprint density at radius 2 is 2.30 bits per heavy atom. The molecule has 0 N–H and O–H groups in total. The topological polar surface area (TPSA) is 0 Å². The molecule has 1 heteroatoms. The third-order valence-electron chi connectivity index (χ3n) is 1.77. The molecule has 0 nitrogen and oxygen atoms in total. The zero-order chi connectivity index (χ0) is 7.23. The van der Waals surface area contributed by atoms with Gasteiger partial charge in [0.15, 0.2) is 0 Å². The molecule has 0 saturated carbocycles. The molecule has 60 valence electrons. The summed E-state index contributed by atoms with van der Waals surface area (Å²) < 4.78 is 5.72. The Balaban J connectivity index is 1.97.